The molecule has 1 saturated heterocycles. The second-order valence-corrected chi connectivity index (χ2v) is 7.24. The summed E-state index contributed by atoms with van der Waals surface area (Å²) in [5.74, 6) is 0.693. The highest BCUT2D eigenvalue weighted by atomic mass is 16.5. The Morgan fingerprint density at radius 1 is 1.28 bits per heavy atom. The van der Waals surface area contributed by atoms with Gasteiger partial charge in [0.05, 0.1) is 11.7 Å². The van der Waals surface area contributed by atoms with Crippen molar-refractivity contribution in [3.63, 3.8) is 0 Å². The fourth-order valence-electron chi connectivity index (χ4n) is 3.59. The Labute approximate surface area is 148 Å². The van der Waals surface area contributed by atoms with Gasteiger partial charge >= 0.3 is 0 Å². The van der Waals surface area contributed by atoms with Gasteiger partial charge in [-0.1, -0.05) is 20.3 Å². The molecule has 0 unspecified atom stereocenters. The molecule has 2 heterocycles. The summed E-state index contributed by atoms with van der Waals surface area (Å²) >= 11 is 0. The van der Waals surface area contributed by atoms with Gasteiger partial charge in [0, 0.05) is 5.69 Å². The fourth-order valence-corrected chi connectivity index (χ4v) is 3.59. The van der Waals surface area contributed by atoms with Gasteiger partial charge in [0.15, 0.2) is 6.10 Å². The molecule has 0 aliphatic carbocycles. The number of hydrogen-bond acceptors (Lipinski definition) is 4. The summed E-state index contributed by atoms with van der Waals surface area (Å²) in [6.45, 7) is 7.83. The van der Waals surface area contributed by atoms with Gasteiger partial charge in [0.2, 0.25) is 5.91 Å². The Hall–Kier alpha value is -2.08. The van der Waals surface area contributed by atoms with E-state index in [9.17, 15) is 9.59 Å². The zero-order chi connectivity index (χ0) is 18.0. The van der Waals surface area contributed by atoms with Crippen molar-refractivity contribution in [1.29, 1.82) is 0 Å². The van der Waals surface area contributed by atoms with Gasteiger partial charge in [0.25, 0.3) is 5.91 Å². The van der Waals surface area contributed by atoms with Crippen LogP contribution in [-0.2, 0) is 9.59 Å². The van der Waals surface area contributed by atoms with Crippen LogP contribution < -0.4 is 15.4 Å². The van der Waals surface area contributed by atoms with E-state index in [2.05, 4.69) is 29.4 Å². The lowest BCUT2D eigenvalue weighted by atomic mass is 9.98. The molecule has 0 radical (unpaired) electrons. The Morgan fingerprint density at radius 3 is 2.68 bits per heavy atom. The monoisotopic (exact) mass is 345 g/mol. The Morgan fingerprint density at radius 2 is 2.00 bits per heavy atom. The first-order chi connectivity index (χ1) is 12.0. The second-order valence-electron chi connectivity index (χ2n) is 7.24. The number of ether oxygens (including phenoxy) is 1. The molecule has 136 valence electrons. The minimum atomic E-state index is -0.502. The standard InChI is InChI=1S/C19H27N3O3/c1-12(2)17(22-9-5-4-6-10-22)19(24)20-14-7-8-16-15(11-14)21-18(23)13(3)25-16/h7-8,11-13,17H,4-6,9-10H2,1-3H3,(H,20,24)(H,21,23)/t13-,17+/m1/s1. The van der Waals surface area contributed by atoms with Crippen molar-refractivity contribution in [2.24, 2.45) is 5.92 Å². The van der Waals surface area contributed by atoms with Crippen molar-refractivity contribution in [2.45, 2.75) is 52.2 Å². The van der Waals surface area contributed by atoms with Gasteiger partial charge in [-0.2, -0.15) is 0 Å². The molecule has 2 atom stereocenters. The number of likely N-dealkylation sites (tertiary alicyclic amines) is 1. The van der Waals surface area contributed by atoms with Crippen LogP contribution in [0.15, 0.2) is 18.2 Å². The number of nitrogens with one attached hydrogen (secondary N) is 2. The summed E-state index contributed by atoms with van der Waals surface area (Å²) < 4.78 is 5.55. The van der Waals surface area contributed by atoms with Crippen molar-refractivity contribution in [1.82, 2.24) is 4.90 Å². The molecule has 1 aromatic carbocycles. The first kappa shape index (κ1) is 17.7. The third kappa shape index (κ3) is 3.95. The molecule has 0 saturated carbocycles. The molecular weight excluding hydrogens is 318 g/mol. The minimum Gasteiger partial charge on any atom is -0.479 e. The van der Waals surface area contributed by atoms with Crippen LogP contribution in [0.5, 0.6) is 5.75 Å². The van der Waals surface area contributed by atoms with Gasteiger partial charge in [-0.25, -0.2) is 0 Å². The van der Waals surface area contributed by atoms with Gasteiger partial charge in [0.1, 0.15) is 5.75 Å². The van der Waals surface area contributed by atoms with E-state index >= 15 is 0 Å². The lowest BCUT2D eigenvalue weighted by Gasteiger charge is -2.35. The molecule has 0 spiro atoms. The smallest absolute Gasteiger partial charge is 0.265 e. The zero-order valence-corrected chi connectivity index (χ0v) is 15.2. The van der Waals surface area contributed by atoms with Crippen LogP contribution in [0, 0.1) is 5.92 Å². The normalized spacial score (nSPS) is 21.9. The molecular formula is C19H27N3O3. The highest BCUT2D eigenvalue weighted by molar-refractivity contribution is 6.00. The van der Waals surface area contributed by atoms with Gasteiger partial charge in [-0.3, -0.25) is 14.5 Å². The van der Waals surface area contributed by atoms with E-state index < -0.39 is 6.10 Å². The van der Waals surface area contributed by atoms with Gasteiger partial charge in [-0.05, 0) is 57.0 Å². The van der Waals surface area contributed by atoms with E-state index in [0.29, 0.717) is 17.1 Å². The van der Waals surface area contributed by atoms with E-state index in [-0.39, 0.29) is 23.8 Å². The molecule has 0 bridgehead atoms. The number of benzene rings is 1. The first-order valence-electron chi connectivity index (χ1n) is 9.12. The van der Waals surface area contributed by atoms with Crippen molar-refractivity contribution < 1.29 is 14.3 Å². The summed E-state index contributed by atoms with van der Waals surface area (Å²) in [6.07, 6.45) is 3.04. The molecule has 1 fully saturated rings. The number of carbonyl (C=O) groups is 2. The topological polar surface area (TPSA) is 70.7 Å². The van der Waals surface area contributed by atoms with Crippen molar-refractivity contribution >= 4 is 23.2 Å². The number of piperidine rings is 1. The summed E-state index contributed by atoms with van der Waals surface area (Å²) in [6, 6.07) is 5.22. The SMILES string of the molecule is CC(C)[C@@H](C(=O)Nc1ccc2c(c1)NC(=O)[C@@H](C)O2)N1CCCCC1. The lowest BCUT2D eigenvalue weighted by molar-refractivity contribution is -0.123. The molecule has 6 nitrogen and oxygen atoms in total. The second kappa shape index (κ2) is 7.44. The maximum atomic E-state index is 12.9. The Bertz CT molecular complexity index is 653. The Kier molecular flexibility index (Phi) is 5.27. The molecule has 0 aromatic heterocycles. The number of amides is 2. The molecule has 2 aliphatic rings. The molecule has 2 N–H and O–H groups in total. The molecule has 2 aliphatic heterocycles. The summed E-state index contributed by atoms with van der Waals surface area (Å²) in [4.78, 5) is 26.9. The summed E-state index contributed by atoms with van der Waals surface area (Å²) in [7, 11) is 0. The number of carbonyl (C=O) groups excluding carboxylic acids is 2. The van der Waals surface area contributed by atoms with Crippen molar-refractivity contribution in [2.75, 3.05) is 23.7 Å². The largest absolute Gasteiger partial charge is 0.479 e. The van der Waals surface area contributed by atoms with E-state index in [1.165, 1.54) is 6.42 Å². The van der Waals surface area contributed by atoms with E-state index in [1.54, 1.807) is 19.1 Å². The van der Waals surface area contributed by atoms with Gasteiger partial charge < -0.3 is 15.4 Å². The van der Waals surface area contributed by atoms with Crippen LogP contribution in [0.3, 0.4) is 0 Å². The minimum absolute atomic E-state index is 0.00766. The van der Waals surface area contributed by atoms with Crippen LogP contribution >= 0.6 is 0 Å². The maximum Gasteiger partial charge on any atom is 0.265 e. The van der Waals surface area contributed by atoms with Crippen LogP contribution in [0.2, 0.25) is 0 Å². The Balaban J connectivity index is 1.73. The molecule has 6 heteroatoms. The van der Waals surface area contributed by atoms with E-state index in [0.717, 1.165) is 25.9 Å². The quantitative estimate of drug-likeness (QED) is 0.880. The zero-order valence-electron chi connectivity index (χ0n) is 15.2. The number of fused-ring (bicyclic) bond motifs is 1. The molecule has 1 aromatic rings. The van der Waals surface area contributed by atoms with Crippen LogP contribution in [0.4, 0.5) is 11.4 Å². The number of hydrogen-bond donors (Lipinski definition) is 2. The summed E-state index contributed by atoms with van der Waals surface area (Å²) in [5.41, 5.74) is 1.27. The van der Waals surface area contributed by atoms with Crippen molar-refractivity contribution in [3.8, 4) is 5.75 Å². The van der Waals surface area contributed by atoms with Crippen molar-refractivity contribution in [3.05, 3.63) is 18.2 Å². The third-order valence-electron chi connectivity index (χ3n) is 4.86. The average molecular weight is 345 g/mol. The number of anilines is 2. The van der Waals surface area contributed by atoms with Gasteiger partial charge in [-0.15, -0.1) is 0 Å². The first-order valence-corrected chi connectivity index (χ1v) is 9.12. The number of nitrogens with zero attached hydrogens (tertiary/aromatic N) is 1. The highest BCUT2D eigenvalue weighted by Gasteiger charge is 2.30. The summed E-state index contributed by atoms with van der Waals surface area (Å²) in [5, 5.41) is 5.82. The fraction of sp³-hybridized carbons (Fsp3) is 0.579. The predicted molar refractivity (Wildman–Crippen MR) is 97.8 cm³/mol. The number of rotatable bonds is 4. The maximum absolute atomic E-state index is 12.9. The van der Waals surface area contributed by atoms with E-state index in [1.807, 2.05) is 6.07 Å². The van der Waals surface area contributed by atoms with Crippen LogP contribution in [-0.4, -0.2) is 41.9 Å². The average Bonchev–Trinajstić information content (AvgIpc) is 2.57. The molecule has 25 heavy (non-hydrogen) atoms. The van der Waals surface area contributed by atoms with E-state index in [4.69, 9.17) is 4.74 Å². The molecule has 2 amide bonds. The van der Waals surface area contributed by atoms with Crippen LogP contribution in [0.25, 0.3) is 0 Å². The lowest BCUT2D eigenvalue weighted by Crippen LogP contribution is -2.49. The van der Waals surface area contributed by atoms with Crippen LogP contribution in [0.1, 0.15) is 40.0 Å². The predicted octanol–water partition coefficient (Wildman–Crippen LogP) is 2.86. The highest BCUT2D eigenvalue weighted by Crippen LogP contribution is 2.32. The molecule has 3 rings (SSSR count). The third-order valence-corrected chi connectivity index (χ3v) is 4.86.